The molecule has 4 rings (SSSR count). The van der Waals surface area contributed by atoms with Crippen molar-refractivity contribution in [3.8, 4) is 23.0 Å². The summed E-state index contributed by atoms with van der Waals surface area (Å²) in [5, 5.41) is 5.59. The Balaban J connectivity index is 1.40. The minimum atomic E-state index is -0.291. The number of ether oxygens (including phenoxy) is 1. The molecule has 0 saturated carbocycles. The zero-order valence-electron chi connectivity index (χ0n) is 19.0. The zero-order chi connectivity index (χ0) is 24.5. The fourth-order valence-corrected chi connectivity index (χ4v) is 3.12. The molecule has 0 spiro atoms. The summed E-state index contributed by atoms with van der Waals surface area (Å²) < 4.78 is 5.81. The SMILES string of the molecule is CC/C=C/C(=O)Nc1ccc(C(=O)Nc2cccc(Oc3nccc(-c4cccnc4)n3)c2)cc1. The molecule has 4 aromatic rings. The van der Waals surface area contributed by atoms with Crippen LogP contribution >= 0.6 is 0 Å². The molecule has 0 aliphatic carbocycles. The predicted molar refractivity (Wildman–Crippen MR) is 134 cm³/mol. The molecule has 0 fully saturated rings. The molecule has 0 radical (unpaired) electrons. The average Bonchev–Trinajstić information content (AvgIpc) is 2.89. The Kier molecular flexibility index (Phi) is 7.55. The molecule has 2 heterocycles. The van der Waals surface area contributed by atoms with Gasteiger partial charge in [0.05, 0.1) is 5.69 Å². The van der Waals surface area contributed by atoms with Crippen LogP contribution in [0.3, 0.4) is 0 Å². The van der Waals surface area contributed by atoms with Gasteiger partial charge < -0.3 is 15.4 Å². The first kappa shape index (κ1) is 23.3. The summed E-state index contributed by atoms with van der Waals surface area (Å²) in [6.07, 6.45) is 9.06. The number of aromatic nitrogens is 3. The second-order valence-corrected chi connectivity index (χ2v) is 7.43. The van der Waals surface area contributed by atoms with Crippen molar-refractivity contribution in [2.45, 2.75) is 13.3 Å². The van der Waals surface area contributed by atoms with E-state index in [1.807, 2.05) is 19.1 Å². The molecule has 2 N–H and O–H groups in total. The number of carbonyl (C=O) groups is 2. The number of amides is 2. The van der Waals surface area contributed by atoms with Crippen LogP contribution in [0.25, 0.3) is 11.3 Å². The highest BCUT2D eigenvalue weighted by molar-refractivity contribution is 6.05. The van der Waals surface area contributed by atoms with Crippen molar-refractivity contribution in [1.82, 2.24) is 15.0 Å². The molecule has 8 nitrogen and oxygen atoms in total. The lowest BCUT2D eigenvalue weighted by Crippen LogP contribution is -2.12. The van der Waals surface area contributed by atoms with Gasteiger partial charge in [0.2, 0.25) is 5.91 Å². The number of anilines is 2. The van der Waals surface area contributed by atoms with Gasteiger partial charge in [-0.2, -0.15) is 4.98 Å². The van der Waals surface area contributed by atoms with Crippen molar-refractivity contribution in [1.29, 1.82) is 0 Å². The summed E-state index contributed by atoms with van der Waals surface area (Å²) in [7, 11) is 0. The fraction of sp³-hybridized carbons (Fsp3) is 0.0741. The van der Waals surface area contributed by atoms with Gasteiger partial charge in [-0.25, -0.2) is 4.98 Å². The van der Waals surface area contributed by atoms with Crippen LogP contribution in [0.15, 0.2) is 97.5 Å². The molecular weight excluding hydrogens is 442 g/mol. The van der Waals surface area contributed by atoms with Gasteiger partial charge >= 0.3 is 6.01 Å². The number of pyridine rings is 1. The van der Waals surface area contributed by atoms with E-state index < -0.39 is 0 Å². The third-order valence-corrected chi connectivity index (χ3v) is 4.81. The van der Waals surface area contributed by atoms with Crippen molar-refractivity contribution in [3.63, 3.8) is 0 Å². The monoisotopic (exact) mass is 465 g/mol. The third-order valence-electron chi connectivity index (χ3n) is 4.81. The Labute approximate surface area is 202 Å². The Morgan fingerprint density at radius 1 is 0.943 bits per heavy atom. The number of rotatable bonds is 8. The maximum Gasteiger partial charge on any atom is 0.322 e. The molecule has 0 atom stereocenters. The molecule has 0 unspecified atom stereocenters. The Morgan fingerprint density at radius 3 is 2.57 bits per heavy atom. The summed E-state index contributed by atoms with van der Waals surface area (Å²) in [5.74, 6) is -0.0270. The minimum Gasteiger partial charge on any atom is -0.424 e. The number of benzene rings is 2. The van der Waals surface area contributed by atoms with Crippen LogP contribution in [-0.2, 0) is 4.79 Å². The molecule has 8 heteroatoms. The normalized spacial score (nSPS) is 10.7. The molecular formula is C27H23N5O3. The maximum atomic E-state index is 12.7. The fourth-order valence-electron chi connectivity index (χ4n) is 3.12. The summed E-state index contributed by atoms with van der Waals surface area (Å²) in [5.41, 5.74) is 3.15. The highest BCUT2D eigenvalue weighted by Crippen LogP contribution is 2.24. The summed E-state index contributed by atoms with van der Waals surface area (Å²) in [6, 6.07) is 19.3. The number of carbonyl (C=O) groups excluding carboxylic acids is 2. The van der Waals surface area contributed by atoms with Gasteiger partial charge in [-0.15, -0.1) is 0 Å². The zero-order valence-corrected chi connectivity index (χ0v) is 19.0. The predicted octanol–water partition coefficient (Wildman–Crippen LogP) is 5.49. The lowest BCUT2D eigenvalue weighted by Gasteiger charge is -2.09. The number of hydrogen-bond donors (Lipinski definition) is 2. The quantitative estimate of drug-likeness (QED) is 0.333. The van der Waals surface area contributed by atoms with Gasteiger partial charge in [0.1, 0.15) is 5.75 Å². The number of nitrogens with zero attached hydrogens (tertiary/aromatic N) is 3. The van der Waals surface area contributed by atoms with Crippen molar-refractivity contribution >= 4 is 23.2 Å². The molecule has 2 amide bonds. The maximum absolute atomic E-state index is 12.7. The molecule has 2 aromatic carbocycles. The van der Waals surface area contributed by atoms with E-state index in [1.54, 1.807) is 79.3 Å². The van der Waals surface area contributed by atoms with Crippen molar-refractivity contribution in [2.75, 3.05) is 10.6 Å². The van der Waals surface area contributed by atoms with Crippen LogP contribution < -0.4 is 15.4 Å². The van der Waals surface area contributed by atoms with E-state index in [2.05, 4.69) is 25.6 Å². The van der Waals surface area contributed by atoms with Crippen LogP contribution in [0, 0.1) is 0 Å². The standard InChI is InChI=1S/C27H23N5O3/c1-2-3-9-25(33)30-21-12-10-19(11-13-21)26(34)31-22-7-4-8-23(17-22)35-27-29-16-14-24(32-27)20-6-5-15-28-18-20/h3-18H,2H2,1H3,(H,30,33)(H,31,34)/b9-3+. The van der Waals surface area contributed by atoms with Gasteiger partial charge in [-0.3, -0.25) is 14.6 Å². The summed E-state index contributed by atoms with van der Waals surface area (Å²) in [6.45, 7) is 1.95. The minimum absolute atomic E-state index is 0.182. The molecule has 174 valence electrons. The lowest BCUT2D eigenvalue weighted by atomic mass is 10.2. The second-order valence-electron chi connectivity index (χ2n) is 7.43. The van der Waals surface area contributed by atoms with E-state index >= 15 is 0 Å². The van der Waals surface area contributed by atoms with E-state index in [0.29, 0.717) is 28.4 Å². The third kappa shape index (κ3) is 6.58. The number of allylic oxidation sites excluding steroid dienone is 1. The molecule has 0 aliphatic heterocycles. The van der Waals surface area contributed by atoms with Crippen molar-refractivity contribution in [3.05, 3.63) is 103 Å². The van der Waals surface area contributed by atoms with Gasteiger partial charge in [0, 0.05) is 47.2 Å². The second kappa shape index (κ2) is 11.3. The Bertz CT molecular complexity index is 1340. The molecule has 35 heavy (non-hydrogen) atoms. The number of hydrogen-bond acceptors (Lipinski definition) is 6. The van der Waals surface area contributed by atoms with Crippen LogP contribution in [0.4, 0.5) is 11.4 Å². The van der Waals surface area contributed by atoms with E-state index in [0.717, 1.165) is 12.0 Å². The van der Waals surface area contributed by atoms with Gasteiger partial charge in [0.25, 0.3) is 5.91 Å². The highest BCUT2D eigenvalue weighted by atomic mass is 16.5. The first-order chi connectivity index (χ1) is 17.1. The van der Waals surface area contributed by atoms with E-state index in [4.69, 9.17) is 4.74 Å². The molecule has 2 aromatic heterocycles. The van der Waals surface area contributed by atoms with Gasteiger partial charge in [0.15, 0.2) is 0 Å². The first-order valence-corrected chi connectivity index (χ1v) is 11.0. The highest BCUT2D eigenvalue weighted by Gasteiger charge is 2.09. The van der Waals surface area contributed by atoms with Crippen molar-refractivity contribution < 1.29 is 14.3 Å². The lowest BCUT2D eigenvalue weighted by molar-refractivity contribution is -0.111. The van der Waals surface area contributed by atoms with Crippen molar-refractivity contribution in [2.24, 2.45) is 0 Å². The average molecular weight is 466 g/mol. The van der Waals surface area contributed by atoms with E-state index in [-0.39, 0.29) is 17.8 Å². The molecule has 0 aliphatic rings. The smallest absolute Gasteiger partial charge is 0.322 e. The van der Waals surface area contributed by atoms with Crippen LogP contribution in [0.1, 0.15) is 23.7 Å². The first-order valence-electron chi connectivity index (χ1n) is 11.0. The van der Waals surface area contributed by atoms with Crippen LogP contribution in [-0.4, -0.2) is 26.8 Å². The van der Waals surface area contributed by atoms with Gasteiger partial charge in [-0.05, 0) is 67.1 Å². The largest absolute Gasteiger partial charge is 0.424 e. The van der Waals surface area contributed by atoms with Crippen LogP contribution in [0.2, 0.25) is 0 Å². The summed E-state index contributed by atoms with van der Waals surface area (Å²) >= 11 is 0. The number of nitrogens with one attached hydrogen (secondary N) is 2. The van der Waals surface area contributed by atoms with E-state index in [9.17, 15) is 9.59 Å². The summed E-state index contributed by atoms with van der Waals surface area (Å²) in [4.78, 5) is 37.2. The Morgan fingerprint density at radius 2 is 1.80 bits per heavy atom. The molecule has 0 bridgehead atoms. The van der Waals surface area contributed by atoms with E-state index in [1.165, 1.54) is 6.08 Å². The molecule has 0 saturated heterocycles. The Hall–Kier alpha value is -4.85. The topological polar surface area (TPSA) is 106 Å². The van der Waals surface area contributed by atoms with Crippen LogP contribution in [0.5, 0.6) is 11.8 Å². The van der Waals surface area contributed by atoms with Gasteiger partial charge in [-0.1, -0.05) is 19.1 Å².